The predicted octanol–water partition coefficient (Wildman–Crippen LogP) is 0.659. The van der Waals surface area contributed by atoms with Crippen LogP contribution < -0.4 is 4.90 Å². The molecule has 20 heavy (non-hydrogen) atoms. The van der Waals surface area contributed by atoms with Gasteiger partial charge in [0.1, 0.15) is 0 Å². The van der Waals surface area contributed by atoms with Crippen LogP contribution in [0.25, 0.3) is 11.0 Å². The molecule has 106 valence electrons. The molecule has 2 aliphatic rings. The van der Waals surface area contributed by atoms with Gasteiger partial charge in [0, 0.05) is 50.7 Å². The summed E-state index contributed by atoms with van der Waals surface area (Å²) in [6.07, 6.45) is 3.45. The standard InChI is InChI=1S/C14H19N5O/c1-17-3-5-18(6-4-17)12-9-19(10-12)14-13-11(2-7-20-13)8-15-16-14/h2,7-8,12H,3-6,9-10H2,1H3. The van der Waals surface area contributed by atoms with Crippen molar-refractivity contribution in [2.75, 3.05) is 51.2 Å². The molecule has 0 unspecified atom stereocenters. The van der Waals surface area contributed by atoms with Crippen LogP contribution in [0.5, 0.6) is 0 Å². The molecule has 2 aromatic rings. The number of aromatic nitrogens is 2. The van der Waals surface area contributed by atoms with Gasteiger partial charge < -0.3 is 14.2 Å². The summed E-state index contributed by atoms with van der Waals surface area (Å²) < 4.78 is 5.54. The number of hydrogen-bond acceptors (Lipinski definition) is 6. The Labute approximate surface area is 118 Å². The highest BCUT2D eigenvalue weighted by molar-refractivity contribution is 5.86. The Morgan fingerprint density at radius 3 is 2.80 bits per heavy atom. The zero-order chi connectivity index (χ0) is 13.5. The first-order chi connectivity index (χ1) is 9.81. The fourth-order valence-corrected chi connectivity index (χ4v) is 3.05. The minimum Gasteiger partial charge on any atom is -0.460 e. The molecular formula is C14H19N5O. The normalized spacial score (nSPS) is 22.4. The number of furan rings is 1. The summed E-state index contributed by atoms with van der Waals surface area (Å²) in [5.74, 6) is 0.887. The van der Waals surface area contributed by atoms with Crippen molar-refractivity contribution in [1.29, 1.82) is 0 Å². The first kappa shape index (κ1) is 12.1. The van der Waals surface area contributed by atoms with Crippen molar-refractivity contribution >= 4 is 16.8 Å². The Morgan fingerprint density at radius 1 is 1.20 bits per heavy atom. The van der Waals surface area contributed by atoms with Crippen LogP contribution in [0.4, 0.5) is 5.82 Å². The Kier molecular flexibility index (Phi) is 2.85. The van der Waals surface area contributed by atoms with Crippen LogP contribution in [0.2, 0.25) is 0 Å². The van der Waals surface area contributed by atoms with E-state index in [0.29, 0.717) is 6.04 Å². The molecule has 2 fully saturated rings. The van der Waals surface area contributed by atoms with E-state index in [1.807, 2.05) is 6.07 Å². The van der Waals surface area contributed by atoms with Gasteiger partial charge in [-0.2, -0.15) is 5.10 Å². The first-order valence-electron chi connectivity index (χ1n) is 7.18. The molecule has 6 heteroatoms. The van der Waals surface area contributed by atoms with Gasteiger partial charge in [-0.3, -0.25) is 4.90 Å². The number of fused-ring (bicyclic) bond motifs is 1. The maximum absolute atomic E-state index is 5.54. The highest BCUT2D eigenvalue weighted by atomic mass is 16.3. The lowest BCUT2D eigenvalue weighted by atomic mass is 10.1. The number of rotatable bonds is 2. The van der Waals surface area contributed by atoms with Gasteiger partial charge in [0.25, 0.3) is 0 Å². The summed E-state index contributed by atoms with van der Waals surface area (Å²) in [7, 11) is 2.19. The molecule has 0 aliphatic carbocycles. The molecule has 0 amide bonds. The highest BCUT2D eigenvalue weighted by Gasteiger charge is 2.35. The molecule has 2 aromatic heterocycles. The van der Waals surface area contributed by atoms with Crippen LogP contribution >= 0.6 is 0 Å². The maximum atomic E-state index is 5.54. The average molecular weight is 273 g/mol. The minimum absolute atomic E-state index is 0.649. The van der Waals surface area contributed by atoms with Gasteiger partial charge in [-0.15, -0.1) is 5.10 Å². The zero-order valence-corrected chi connectivity index (χ0v) is 11.7. The van der Waals surface area contributed by atoms with E-state index in [1.54, 1.807) is 12.5 Å². The molecular weight excluding hydrogens is 254 g/mol. The van der Waals surface area contributed by atoms with Gasteiger partial charge in [0.2, 0.25) is 0 Å². The lowest BCUT2D eigenvalue weighted by molar-refractivity contribution is 0.0960. The van der Waals surface area contributed by atoms with Gasteiger partial charge in [-0.25, -0.2) is 0 Å². The Bertz CT molecular complexity index is 598. The summed E-state index contributed by atoms with van der Waals surface area (Å²) >= 11 is 0. The number of nitrogens with zero attached hydrogens (tertiary/aromatic N) is 5. The van der Waals surface area contributed by atoms with E-state index in [4.69, 9.17) is 4.42 Å². The van der Waals surface area contributed by atoms with E-state index in [9.17, 15) is 0 Å². The van der Waals surface area contributed by atoms with Crippen molar-refractivity contribution in [3.63, 3.8) is 0 Å². The van der Waals surface area contributed by atoms with Crippen LogP contribution in [0.1, 0.15) is 0 Å². The van der Waals surface area contributed by atoms with Crippen molar-refractivity contribution in [1.82, 2.24) is 20.0 Å². The molecule has 0 radical (unpaired) electrons. The van der Waals surface area contributed by atoms with Crippen molar-refractivity contribution in [2.24, 2.45) is 0 Å². The third-order valence-corrected chi connectivity index (χ3v) is 4.46. The molecule has 0 atom stereocenters. The molecule has 0 spiro atoms. The SMILES string of the molecule is CN1CCN(C2CN(c3nncc4ccoc34)C2)CC1. The van der Waals surface area contributed by atoms with Crippen LogP contribution in [0, 0.1) is 0 Å². The van der Waals surface area contributed by atoms with E-state index in [1.165, 1.54) is 26.2 Å². The largest absolute Gasteiger partial charge is 0.460 e. The minimum atomic E-state index is 0.649. The van der Waals surface area contributed by atoms with E-state index in [0.717, 1.165) is 29.9 Å². The smallest absolute Gasteiger partial charge is 0.195 e. The molecule has 2 aliphatic heterocycles. The van der Waals surface area contributed by atoms with Crippen LogP contribution in [-0.2, 0) is 0 Å². The number of likely N-dealkylation sites (N-methyl/N-ethyl adjacent to an activating group) is 1. The second-order valence-electron chi connectivity index (χ2n) is 5.77. The molecule has 0 bridgehead atoms. The second kappa shape index (κ2) is 4.71. The molecule has 6 nitrogen and oxygen atoms in total. The molecule has 0 aromatic carbocycles. The summed E-state index contributed by atoms with van der Waals surface area (Å²) in [4.78, 5) is 7.25. The maximum Gasteiger partial charge on any atom is 0.195 e. The van der Waals surface area contributed by atoms with Gasteiger partial charge in [-0.05, 0) is 13.1 Å². The molecule has 2 saturated heterocycles. The molecule has 4 rings (SSSR count). The molecule has 0 N–H and O–H groups in total. The predicted molar refractivity (Wildman–Crippen MR) is 76.9 cm³/mol. The first-order valence-corrected chi connectivity index (χ1v) is 7.18. The van der Waals surface area contributed by atoms with Crippen molar-refractivity contribution in [2.45, 2.75) is 6.04 Å². The van der Waals surface area contributed by atoms with E-state index in [2.05, 4.69) is 31.9 Å². The Hall–Kier alpha value is -1.66. The van der Waals surface area contributed by atoms with E-state index >= 15 is 0 Å². The highest BCUT2D eigenvalue weighted by Crippen LogP contribution is 2.29. The van der Waals surface area contributed by atoms with Crippen molar-refractivity contribution < 1.29 is 4.42 Å². The summed E-state index contributed by atoms with van der Waals surface area (Å²) in [6.45, 7) is 6.74. The van der Waals surface area contributed by atoms with Crippen LogP contribution in [-0.4, -0.2) is 72.4 Å². The Balaban J connectivity index is 1.45. The third kappa shape index (κ3) is 1.96. The summed E-state index contributed by atoms with van der Waals surface area (Å²) in [6, 6.07) is 2.58. The fourth-order valence-electron chi connectivity index (χ4n) is 3.05. The summed E-state index contributed by atoms with van der Waals surface area (Å²) in [5, 5.41) is 9.34. The third-order valence-electron chi connectivity index (χ3n) is 4.46. The van der Waals surface area contributed by atoms with Crippen molar-refractivity contribution in [3.8, 4) is 0 Å². The zero-order valence-electron chi connectivity index (χ0n) is 11.7. The van der Waals surface area contributed by atoms with Crippen LogP contribution in [0.15, 0.2) is 22.9 Å². The fraction of sp³-hybridized carbons (Fsp3) is 0.571. The second-order valence-corrected chi connectivity index (χ2v) is 5.77. The van der Waals surface area contributed by atoms with E-state index < -0.39 is 0 Å². The monoisotopic (exact) mass is 273 g/mol. The van der Waals surface area contributed by atoms with Gasteiger partial charge in [-0.1, -0.05) is 0 Å². The van der Waals surface area contributed by atoms with Crippen LogP contribution in [0.3, 0.4) is 0 Å². The lowest BCUT2D eigenvalue weighted by Crippen LogP contribution is -2.63. The van der Waals surface area contributed by atoms with Crippen molar-refractivity contribution in [3.05, 3.63) is 18.5 Å². The molecule has 0 saturated carbocycles. The molecule has 4 heterocycles. The van der Waals surface area contributed by atoms with Gasteiger partial charge in [0.15, 0.2) is 11.4 Å². The Morgan fingerprint density at radius 2 is 2.00 bits per heavy atom. The average Bonchev–Trinajstić information content (AvgIpc) is 2.88. The summed E-state index contributed by atoms with van der Waals surface area (Å²) in [5.41, 5.74) is 0.858. The number of hydrogen-bond donors (Lipinski definition) is 0. The number of anilines is 1. The quantitative estimate of drug-likeness (QED) is 0.801. The lowest BCUT2D eigenvalue weighted by Gasteiger charge is -2.48. The number of piperazine rings is 1. The van der Waals surface area contributed by atoms with E-state index in [-0.39, 0.29) is 0 Å². The topological polar surface area (TPSA) is 48.6 Å². The van der Waals surface area contributed by atoms with Gasteiger partial charge in [0.05, 0.1) is 12.5 Å². The van der Waals surface area contributed by atoms with Gasteiger partial charge >= 0.3 is 0 Å².